The molecule has 1 aromatic heterocycles. The molecular weight excluding hydrogens is 410 g/mol. The maximum Gasteiger partial charge on any atom is 0.251 e. The zero-order valence-electron chi connectivity index (χ0n) is 17.5. The first-order chi connectivity index (χ1) is 15.1. The predicted molar refractivity (Wildman–Crippen MR) is 122 cm³/mol. The number of nitrogens with zero attached hydrogens (tertiary/aromatic N) is 3. The fourth-order valence-electron chi connectivity index (χ4n) is 4.55. The lowest BCUT2D eigenvalue weighted by Crippen LogP contribution is -2.45. The number of rotatable bonds is 5. The molecule has 2 aliphatic heterocycles. The Morgan fingerprint density at radius 3 is 2.52 bits per heavy atom. The van der Waals surface area contributed by atoms with E-state index in [1.807, 2.05) is 19.1 Å². The first-order valence-corrected chi connectivity index (χ1v) is 11.6. The normalized spacial score (nSPS) is 20.7. The van der Waals surface area contributed by atoms with Gasteiger partial charge in [-0.15, -0.1) is 11.3 Å². The van der Waals surface area contributed by atoms with Gasteiger partial charge in [0.2, 0.25) is 5.91 Å². The number of fused-ring (bicyclic) bond motifs is 1. The molecule has 2 fully saturated rings. The summed E-state index contributed by atoms with van der Waals surface area (Å²) < 4.78 is 6.68. The van der Waals surface area contributed by atoms with Gasteiger partial charge in [-0.25, -0.2) is 9.88 Å². The third kappa shape index (κ3) is 3.83. The van der Waals surface area contributed by atoms with Crippen LogP contribution in [-0.4, -0.2) is 47.4 Å². The van der Waals surface area contributed by atoms with Crippen molar-refractivity contribution < 1.29 is 14.3 Å². The highest BCUT2D eigenvalue weighted by atomic mass is 32.1. The van der Waals surface area contributed by atoms with Gasteiger partial charge in [0.1, 0.15) is 5.75 Å². The van der Waals surface area contributed by atoms with Gasteiger partial charge in [-0.1, -0.05) is 12.1 Å². The Labute approximate surface area is 185 Å². The van der Waals surface area contributed by atoms with Gasteiger partial charge in [0, 0.05) is 5.92 Å². The summed E-state index contributed by atoms with van der Waals surface area (Å²) in [6.45, 7) is 4.12. The van der Waals surface area contributed by atoms with Gasteiger partial charge in [-0.3, -0.25) is 14.5 Å². The van der Waals surface area contributed by atoms with Crippen LogP contribution >= 0.6 is 11.3 Å². The molecular formula is C24H25N3O3S. The second kappa shape index (κ2) is 8.40. The number of carbonyl (C=O) groups excluding carboxylic acids is 2. The Kier molecular flexibility index (Phi) is 5.46. The van der Waals surface area contributed by atoms with Crippen molar-refractivity contribution in [3.05, 3.63) is 53.5 Å². The van der Waals surface area contributed by atoms with Crippen LogP contribution in [0.25, 0.3) is 10.2 Å². The number of aromatic nitrogens is 1. The van der Waals surface area contributed by atoms with E-state index in [4.69, 9.17) is 9.72 Å². The molecule has 0 unspecified atom stereocenters. The van der Waals surface area contributed by atoms with E-state index in [0.717, 1.165) is 37.2 Å². The van der Waals surface area contributed by atoms with Crippen molar-refractivity contribution in [3.63, 3.8) is 0 Å². The van der Waals surface area contributed by atoms with Crippen LogP contribution in [0.1, 0.15) is 37.1 Å². The van der Waals surface area contributed by atoms with Crippen LogP contribution in [0.4, 0.5) is 5.69 Å². The van der Waals surface area contributed by atoms with Crippen molar-refractivity contribution in [1.82, 2.24) is 9.88 Å². The number of carbonyl (C=O) groups is 2. The van der Waals surface area contributed by atoms with Crippen molar-refractivity contribution in [3.8, 4) is 5.75 Å². The molecule has 0 N–H and O–H groups in total. The number of thiazole rings is 1. The van der Waals surface area contributed by atoms with Crippen molar-refractivity contribution in [2.24, 2.45) is 0 Å². The number of ether oxygens (including phenoxy) is 1. The summed E-state index contributed by atoms with van der Waals surface area (Å²) in [7, 11) is 0. The molecule has 160 valence electrons. The van der Waals surface area contributed by atoms with E-state index in [0.29, 0.717) is 18.2 Å². The number of anilines is 1. The smallest absolute Gasteiger partial charge is 0.251 e. The number of hydrogen-bond donors (Lipinski definition) is 0. The molecule has 0 radical (unpaired) electrons. The van der Waals surface area contributed by atoms with Gasteiger partial charge in [0.15, 0.2) is 0 Å². The van der Waals surface area contributed by atoms with Gasteiger partial charge in [0.25, 0.3) is 5.91 Å². The first kappa shape index (κ1) is 20.2. The Bertz CT molecular complexity index is 1070. The van der Waals surface area contributed by atoms with Crippen LogP contribution in [0, 0.1) is 0 Å². The minimum absolute atomic E-state index is 0.118. The molecule has 3 aromatic rings. The summed E-state index contributed by atoms with van der Waals surface area (Å²) in [5, 5.41) is 1.19. The SMILES string of the molecule is CCOc1ccc(N2C(=O)C[C@H](N3CCC(c4nc5ccccc5s4)CC3)C2=O)cc1. The van der Waals surface area contributed by atoms with E-state index in [9.17, 15) is 9.59 Å². The molecule has 3 heterocycles. The molecule has 1 atom stereocenters. The highest BCUT2D eigenvalue weighted by molar-refractivity contribution is 7.18. The largest absolute Gasteiger partial charge is 0.494 e. The highest BCUT2D eigenvalue weighted by Crippen LogP contribution is 2.36. The monoisotopic (exact) mass is 435 g/mol. The summed E-state index contributed by atoms with van der Waals surface area (Å²) in [4.78, 5) is 34.1. The third-order valence-electron chi connectivity index (χ3n) is 6.16. The number of likely N-dealkylation sites (tertiary alicyclic amines) is 1. The Balaban J connectivity index is 1.25. The van der Waals surface area contributed by atoms with E-state index in [2.05, 4.69) is 17.0 Å². The fourth-order valence-corrected chi connectivity index (χ4v) is 5.69. The molecule has 2 aromatic carbocycles. The minimum atomic E-state index is -0.365. The lowest BCUT2D eigenvalue weighted by molar-refractivity contribution is -0.123. The van der Waals surface area contributed by atoms with Crippen LogP contribution < -0.4 is 9.64 Å². The van der Waals surface area contributed by atoms with Crippen LogP contribution in [0.5, 0.6) is 5.75 Å². The standard InChI is InChI=1S/C24H25N3O3S/c1-2-30-18-9-7-17(8-10-18)27-22(28)15-20(24(27)29)26-13-11-16(12-14-26)23-25-19-5-3-4-6-21(19)31-23/h3-10,16,20H,2,11-15H2,1H3/t20-/m0/s1. The van der Waals surface area contributed by atoms with Gasteiger partial charge < -0.3 is 4.74 Å². The Morgan fingerprint density at radius 2 is 1.81 bits per heavy atom. The zero-order valence-corrected chi connectivity index (χ0v) is 18.3. The van der Waals surface area contributed by atoms with E-state index < -0.39 is 0 Å². The Hall–Kier alpha value is -2.77. The van der Waals surface area contributed by atoms with Crippen molar-refractivity contribution in [1.29, 1.82) is 0 Å². The number of amides is 2. The molecule has 2 saturated heterocycles. The molecule has 7 heteroatoms. The lowest BCUT2D eigenvalue weighted by atomic mass is 9.96. The molecule has 0 aliphatic carbocycles. The molecule has 5 rings (SSSR count). The summed E-state index contributed by atoms with van der Waals surface area (Å²) in [6.07, 6.45) is 2.17. The van der Waals surface area contributed by atoms with Crippen molar-refractivity contribution >= 4 is 39.1 Å². The van der Waals surface area contributed by atoms with Crippen LogP contribution in [-0.2, 0) is 9.59 Å². The molecule has 6 nitrogen and oxygen atoms in total. The number of para-hydroxylation sites is 1. The predicted octanol–water partition coefficient (Wildman–Crippen LogP) is 4.21. The maximum absolute atomic E-state index is 13.1. The summed E-state index contributed by atoms with van der Waals surface area (Å²) in [5.74, 6) is 0.905. The summed E-state index contributed by atoms with van der Waals surface area (Å²) in [6, 6.07) is 15.0. The average Bonchev–Trinajstić information content (AvgIpc) is 3.35. The zero-order chi connectivity index (χ0) is 21.4. The van der Waals surface area contributed by atoms with Crippen LogP contribution in [0.15, 0.2) is 48.5 Å². The fraction of sp³-hybridized carbons (Fsp3) is 0.375. The third-order valence-corrected chi connectivity index (χ3v) is 7.36. The number of hydrogen-bond acceptors (Lipinski definition) is 6. The van der Waals surface area contributed by atoms with Crippen LogP contribution in [0.3, 0.4) is 0 Å². The van der Waals surface area contributed by atoms with E-state index in [-0.39, 0.29) is 24.3 Å². The van der Waals surface area contributed by atoms with Crippen LogP contribution in [0.2, 0.25) is 0 Å². The van der Waals surface area contributed by atoms with Gasteiger partial charge >= 0.3 is 0 Å². The molecule has 0 bridgehead atoms. The molecule has 2 aliphatic rings. The minimum Gasteiger partial charge on any atom is -0.494 e. The Morgan fingerprint density at radius 1 is 1.06 bits per heavy atom. The van der Waals surface area contributed by atoms with Gasteiger partial charge in [-0.2, -0.15) is 0 Å². The molecule has 2 amide bonds. The van der Waals surface area contributed by atoms with E-state index in [1.54, 1.807) is 35.6 Å². The number of benzene rings is 2. The van der Waals surface area contributed by atoms with Crippen molar-refractivity contribution in [2.45, 2.75) is 38.1 Å². The molecule has 31 heavy (non-hydrogen) atoms. The van der Waals surface area contributed by atoms with Crippen molar-refractivity contribution in [2.75, 3.05) is 24.6 Å². The number of imide groups is 1. The second-order valence-corrected chi connectivity index (χ2v) is 9.11. The molecule has 0 spiro atoms. The van der Waals surface area contributed by atoms with Gasteiger partial charge in [-0.05, 0) is 69.3 Å². The maximum atomic E-state index is 13.1. The van der Waals surface area contributed by atoms with E-state index in [1.165, 1.54) is 14.6 Å². The topological polar surface area (TPSA) is 62.7 Å². The molecule has 0 saturated carbocycles. The quantitative estimate of drug-likeness (QED) is 0.562. The van der Waals surface area contributed by atoms with Gasteiger partial charge in [0.05, 0.1) is 40.0 Å². The highest BCUT2D eigenvalue weighted by Gasteiger charge is 2.43. The lowest BCUT2D eigenvalue weighted by Gasteiger charge is -2.34. The summed E-state index contributed by atoms with van der Waals surface area (Å²) in [5.41, 5.74) is 1.68. The second-order valence-electron chi connectivity index (χ2n) is 8.04. The number of piperidine rings is 1. The first-order valence-electron chi connectivity index (χ1n) is 10.8. The summed E-state index contributed by atoms with van der Waals surface area (Å²) >= 11 is 1.77. The average molecular weight is 436 g/mol. The van der Waals surface area contributed by atoms with E-state index >= 15 is 0 Å².